The first-order chi connectivity index (χ1) is 8.62. The molecule has 104 valence electrons. The van der Waals surface area contributed by atoms with Crippen molar-refractivity contribution in [2.75, 3.05) is 0 Å². The van der Waals surface area contributed by atoms with Crippen LogP contribution >= 0.6 is 0 Å². The van der Waals surface area contributed by atoms with Crippen molar-refractivity contribution in [3.63, 3.8) is 0 Å². The molecule has 0 aromatic carbocycles. The van der Waals surface area contributed by atoms with Gasteiger partial charge in [-0.2, -0.15) is 0 Å². The van der Waals surface area contributed by atoms with Crippen molar-refractivity contribution in [2.24, 2.45) is 0 Å². The van der Waals surface area contributed by atoms with Crippen LogP contribution in [0.15, 0.2) is 46.3 Å². The predicted molar refractivity (Wildman–Crippen MR) is 62.5 cm³/mol. The third-order valence-corrected chi connectivity index (χ3v) is 4.60. The van der Waals surface area contributed by atoms with Crippen molar-refractivity contribution in [1.29, 1.82) is 0 Å². The highest BCUT2D eigenvalue weighted by atomic mass is 32.2. The van der Waals surface area contributed by atoms with E-state index in [1.807, 2.05) is 0 Å². The molecule has 0 N–H and O–H groups in total. The molecule has 0 aromatic heterocycles. The highest BCUT2D eigenvalue weighted by Gasteiger charge is 2.33. The van der Waals surface area contributed by atoms with Crippen LogP contribution in [0.5, 0.6) is 0 Å². The molecular formula is C12H10F4O2S. The molecule has 2 nitrogen and oxygen atoms in total. The molecule has 0 amide bonds. The molecule has 7 heteroatoms. The summed E-state index contributed by atoms with van der Waals surface area (Å²) < 4.78 is 75.5. The number of allylic oxidation sites excluding steroid dienone is 6. The van der Waals surface area contributed by atoms with Gasteiger partial charge >= 0.3 is 0 Å². The van der Waals surface area contributed by atoms with Gasteiger partial charge in [0.1, 0.15) is 0 Å². The molecule has 0 aromatic rings. The molecular weight excluding hydrogens is 284 g/mol. The second kappa shape index (κ2) is 4.33. The van der Waals surface area contributed by atoms with E-state index in [1.54, 1.807) is 0 Å². The topological polar surface area (TPSA) is 34.1 Å². The van der Waals surface area contributed by atoms with Gasteiger partial charge in [0.2, 0.25) is 9.84 Å². The average Bonchev–Trinajstić information content (AvgIpc) is 2.27. The minimum Gasteiger partial charge on any atom is -0.219 e. The molecule has 0 unspecified atom stereocenters. The molecule has 0 bridgehead atoms. The molecule has 0 aliphatic heterocycles. The van der Waals surface area contributed by atoms with Crippen LogP contribution in [0.3, 0.4) is 0 Å². The molecule has 2 aliphatic carbocycles. The summed E-state index contributed by atoms with van der Waals surface area (Å²) in [7, 11) is -4.00. The Morgan fingerprint density at radius 1 is 0.842 bits per heavy atom. The Labute approximate surface area is 107 Å². The Hall–Kier alpha value is -1.37. The number of halogens is 4. The molecule has 0 saturated heterocycles. The third kappa shape index (κ3) is 2.97. The van der Waals surface area contributed by atoms with E-state index < -0.39 is 34.5 Å². The van der Waals surface area contributed by atoms with Gasteiger partial charge in [-0.15, -0.1) is 0 Å². The van der Waals surface area contributed by atoms with E-state index in [2.05, 4.69) is 0 Å². The molecule has 19 heavy (non-hydrogen) atoms. The lowest BCUT2D eigenvalue weighted by Crippen LogP contribution is -2.19. The van der Waals surface area contributed by atoms with Crippen molar-refractivity contribution in [1.82, 2.24) is 0 Å². The van der Waals surface area contributed by atoms with Crippen LogP contribution in [0.2, 0.25) is 0 Å². The van der Waals surface area contributed by atoms with E-state index in [1.165, 1.54) is 0 Å². The zero-order valence-corrected chi connectivity index (χ0v) is 10.4. The van der Waals surface area contributed by atoms with Gasteiger partial charge in [0.15, 0.2) is 0 Å². The highest BCUT2D eigenvalue weighted by molar-refractivity contribution is 7.99. The summed E-state index contributed by atoms with van der Waals surface area (Å²) in [5.74, 6) is -6.13. The maximum Gasteiger partial charge on any atom is 0.270 e. The fourth-order valence-electron chi connectivity index (χ4n) is 1.69. The lowest BCUT2D eigenvalue weighted by Gasteiger charge is -2.18. The Balaban J connectivity index is 2.27. The quantitative estimate of drug-likeness (QED) is 0.732. The first kappa shape index (κ1) is 14.0. The first-order valence-electron chi connectivity index (χ1n) is 5.42. The Morgan fingerprint density at radius 2 is 1.21 bits per heavy atom. The Kier molecular flexibility index (Phi) is 3.20. The lowest BCUT2D eigenvalue weighted by atomic mass is 10.1. The van der Waals surface area contributed by atoms with Gasteiger partial charge in [-0.05, 0) is 24.3 Å². The van der Waals surface area contributed by atoms with E-state index in [-0.39, 0.29) is 9.81 Å². The van der Waals surface area contributed by atoms with Crippen molar-refractivity contribution < 1.29 is 26.0 Å². The van der Waals surface area contributed by atoms with Crippen LogP contribution < -0.4 is 0 Å². The smallest absolute Gasteiger partial charge is 0.219 e. The van der Waals surface area contributed by atoms with E-state index in [0.29, 0.717) is 12.2 Å². The van der Waals surface area contributed by atoms with Crippen molar-refractivity contribution >= 4 is 9.84 Å². The first-order valence-corrected chi connectivity index (χ1v) is 6.90. The van der Waals surface area contributed by atoms with Gasteiger partial charge in [-0.3, -0.25) is 0 Å². The zero-order valence-electron chi connectivity index (χ0n) is 9.61. The molecule has 0 fully saturated rings. The number of hydrogen-bond donors (Lipinski definition) is 0. The standard InChI is InChI=1S/C12H10F4O2S/c13-11(14)5-1-9(2-6-11)19(17,18)10-3-7-12(15,16)8-4-10/h1-5,7H,6,8H2. The van der Waals surface area contributed by atoms with E-state index in [0.717, 1.165) is 24.3 Å². The minimum atomic E-state index is -4.00. The third-order valence-electron chi connectivity index (χ3n) is 2.75. The summed E-state index contributed by atoms with van der Waals surface area (Å²) in [6.07, 6.45) is 2.98. The van der Waals surface area contributed by atoms with Gasteiger partial charge in [-0.25, -0.2) is 26.0 Å². The normalized spacial score (nSPS) is 24.8. The number of rotatable bonds is 2. The fourth-order valence-corrected chi connectivity index (χ4v) is 3.06. The number of sulfone groups is 1. The maximum atomic E-state index is 12.9. The monoisotopic (exact) mass is 294 g/mol. The summed E-state index contributed by atoms with van der Waals surface area (Å²) in [6, 6.07) is 0. The Bertz CT molecular complexity index is 562. The van der Waals surface area contributed by atoms with Crippen LogP contribution in [0.4, 0.5) is 17.6 Å². The molecule has 0 saturated carbocycles. The summed E-state index contributed by atoms with van der Waals surface area (Å²) in [6.45, 7) is 0. The summed E-state index contributed by atoms with van der Waals surface area (Å²) in [5, 5.41) is 0. The van der Waals surface area contributed by atoms with Crippen LogP contribution in [0, 0.1) is 0 Å². The largest absolute Gasteiger partial charge is 0.270 e. The molecule has 2 rings (SSSR count). The molecule has 0 heterocycles. The molecule has 0 atom stereocenters. The molecule has 0 radical (unpaired) electrons. The molecule has 2 aliphatic rings. The van der Waals surface area contributed by atoms with Crippen LogP contribution in [-0.2, 0) is 9.84 Å². The fraction of sp³-hybridized carbons (Fsp3) is 0.333. The summed E-state index contributed by atoms with van der Waals surface area (Å²) in [5.41, 5.74) is 0. The maximum absolute atomic E-state index is 12.9. The van der Waals surface area contributed by atoms with Crippen molar-refractivity contribution in [2.45, 2.75) is 24.7 Å². The van der Waals surface area contributed by atoms with Crippen LogP contribution in [0.1, 0.15) is 12.8 Å². The van der Waals surface area contributed by atoms with E-state index in [9.17, 15) is 26.0 Å². The Morgan fingerprint density at radius 3 is 1.47 bits per heavy atom. The van der Waals surface area contributed by atoms with E-state index >= 15 is 0 Å². The van der Waals surface area contributed by atoms with Gasteiger partial charge in [0.05, 0.1) is 9.81 Å². The van der Waals surface area contributed by atoms with Crippen molar-refractivity contribution in [3.05, 3.63) is 46.3 Å². The number of hydrogen-bond acceptors (Lipinski definition) is 2. The van der Waals surface area contributed by atoms with E-state index in [4.69, 9.17) is 0 Å². The minimum absolute atomic E-state index is 0.292. The average molecular weight is 294 g/mol. The zero-order chi connectivity index (χ0) is 14.3. The van der Waals surface area contributed by atoms with Crippen LogP contribution in [-0.4, -0.2) is 20.3 Å². The lowest BCUT2D eigenvalue weighted by molar-refractivity contribution is 0.0569. The second-order valence-electron chi connectivity index (χ2n) is 4.31. The molecule has 0 spiro atoms. The SMILES string of the molecule is O=S(=O)(C1=CCC(F)(F)C=C1)C1=CCC(F)(F)C=C1. The predicted octanol–water partition coefficient (Wildman–Crippen LogP) is 3.36. The summed E-state index contributed by atoms with van der Waals surface area (Å²) >= 11 is 0. The highest BCUT2D eigenvalue weighted by Crippen LogP contribution is 2.34. The van der Waals surface area contributed by atoms with Gasteiger partial charge in [-0.1, -0.05) is 12.2 Å². The van der Waals surface area contributed by atoms with Gasteiger partial charge in [0, 0.05) is 12.8 Å². The van der Waals surface area contributed by atoms with Crippen LogP contribution in [0.25, 0.3) is 0 Å². The van der Waals surface area contributed by atoms with Gasteiger partial charge < -0.3 is 0 Å². The summed E-state index contributed by atoms with van der Waals surface area (Å²) in [4.78, 5) is -0.584. The second-order valence-corrected chi connectivity index (χ2v) is 6.26. The van der Waals surface area contributed by atoms with Gasteiger partial charge in [0.25, 0.3) is 11.8 Å². The number of alkyl halides is 4. The van der Waals surface area contributed by atoms with Crippen molar-refractivity contribution in [3.8, 4) is 0 Å².